The first-order valence-corrected chi connectivity index (χ1v) is 4.32. The Morgan fingerprint density at radius 2 is 2.00 bits per heavy atom. The van der Waals surface area contributed by atoms with Crippen molar-refractivity contribution in [3.8, 4) is 0 Å². The van der Waals surface area contributed by atoms with E-state index in [0.29, 0.717) is 5.56 Å². The highest BCUT2D eigenvalue weighted by Gasteiger charge is 2.14. The average Bonchev–Trinajstić information content (AvgIpc) is 2.58. The molecule has 7 nitrogen and oxygen atoms in total. The highest BCUT2D eigenvalue weighted by molar-refractivity contribution is 5.89. The predicted octanol–water partition coefficient (Wildman–Crippen LogP) is 0.434. The first-order valence-electron chi connectivity index (χ1n) is 4.32. The van der Waals surface area contributed by atoms with Gasteiger partial charge in [-0.1, -0.05) is 0 Å². The number of carboxylic acids is 2. The Morgan fingerprint density at radius 1 is 1.31 bits per heavy atom. The standard InChI is InChI=1S/C9H7N3O4/c1-4-3-12-6(10-7(4)9(15)16)2-5(11-12)8(13)14/h2-3H,1H3,(H,13,14)(H,15,16). The fourth-order valence-electron chi connectivity index (χ4n) is 1.33. The quantitative estimate of drug-likeness (QED) is 0.762. The molecule has 0 spiro atoms. The summed E-state index contributed by atoms with van der Waals surface area (Å²) in [6.45, 7) is 1.57. The van der Waals surface area contributed by atoms with Gasteiger partial charge in [-0.3, -0.25) is 0 Å². The minimum absolute atomic E-state index is 0.107. The summed E-state index contributed by atoms with van der Waals surface area (Å²) < 4.78 is 1.24. The van der Waals surface area contributed by atoms with Gasteiger partial charge >= 0.3 is 11.9 Å². The van der Waals surface area contributed by atoms with Crippen LogP contribution in [-0.4, -0.2) is 36.7 Å². The summed E-state index contributed by atoms with van der Waals surface area (Å²) >= 11 is 0. The van der Waals surface area contributed by atoms with Gasteiger partial charge in [-0.25, -0.2) is 19.1 Å². The Hall–Kier alpha value is -2.44. The summed E-state index contributed by atoms with van der Waals surface area (Å²) in [4.78, 5) is 25.3. The van der Waals surface area contributed by atoms with Gasteiger partial charge in [-0.05, 0) is 6.92 Å². The van der Waals surface area contributed by atoms with Crippen LogP contribution < -0.4 is 0 Å². The van der Waals surface area contributed by atoms with Gasteiger partial charge in [-0.15, -0.1) is 0 Å². The topological polar surface area (TPSA) is 105 Å². The predicted molar refractivity (Wildman–Crippen MR) is 51.6 cm³/mol. The molecule has 0 aliphatic carbocycles. The van der Waals surface area contributed by atoms with Crippen LogP contribution in [0.2, 0.25) is 0 Å². The third-order valence-electron chi connectivity index (χ3n) is 2.05. The highest BCUT2D eigenvalue weighted by Crippen LogP contribution is 2.09. The maximum Gasteiger partial charge on any atom is 0.356 e. The van der Waals surface area contributed by atoms with Crippen molar-refractivity contribution in [2.24, 2.45) is 0 Å². The molecule has 0 fully saturated rings. The van der Waals surface area contributed by atoms with Crippen molar-refractivity contribution >= 4 is 17.6 Å². The Labute approximate surface area is 89.0 Å². The van der Waals surface area contributed by atoms with Gasteiger partial charge in [0.15, 0.2) is 17.0 Å². The molecule has 0 unspecified atom stereocenters. The van der Waals surface area contributed by atoms with Crippen LogP contribution in [0.1, 0.15) is 26.5 Å². The van der Waals surface area contributed by atoms with Crippen LogP contribution in [0, 0.1) is 6.92 Å². The van der Waals surface area contributed by atoms with Crippen molar-refractivity contribution in [2.45, 2.75) is 6.92 Å². The minimum atomic E-state index is -1.18. The van der Waals surface area contributed by atoms with Gasteiger partial charge in [-0.2, -0.15) is 5.10 Å². The number of carbonyl (C=O) groups is 2. The molecule has 0 saturated heterocycles. The molecular weight excluding hydrogens is 214 g/mol. The molecule has 16 heavy (non-hydrogen) atoms. The number of aryl methyl sites for hydroxylation is 1. The van der Waals surface area contributed by atoms with Crippen molar-refractivity contribution in [3.05, 3.63) is 29.2 Å². The van der Waals surface area contributed by atoms with Crippen LogP contribution in [0.25, 0.3) is 5.65 Å². The largest absolute Gasteiger partial charge is 0.477 e. The molecule has 0 amide bonds. The maximum absolute atomic E-state index is 10.8. The van der Waals surface area contributed by atoms with Crippen LogP contribution in [0.5, 0.6) is 0 Å². The summed E-state index contributed by atoms with van der Waals surface area (Å²) in [6.07, 6.45) is 1.43. The fourth-order valence-corrected chi connectivity index (χ4v) is 1.33. The molecule has 0 saturated carbocycles. The summed E-state index contributed by atoms with van der Waals surface area (Å²) in [6, 6.07) is 1.22. The molecule has 0 aromatic carbocycles. The van der Waals surface area contributed by atoms with E-state index in [9.17, 15) is 9.59 Å². The number of hydrogen-bond donors (Lipinski definition) is 2. The monoisotopic (exact) mass is 221 g/mol. The second-order valence-corrected chi connectivity index (χ2v) is 3.22. The minimum Gasteiger partial charge on any atom is -0.477 e. The number of aromatic nitrogens is 3. The van der Waals surface area contributed by atoms with E-state index in [0.717, 1.165) is 0 Å². The SMILES string of the molecule is Cc1cn2nc(C(=O)O)cc2nc1C(=O)O. The summed E-state index contributed by atoms with van der Waals surface area (Å²) in [5.74, 6) is -2.34. The zero-order valence-corrected chi connectivity index (χ0v) is 8.21. The van der Waals surface area contributed by atoms with Crippen LogP contribution in [-0.2, 0) is 0 Å². The molecule has 7 heteroatoms. The van der Waals surface area contributed by atoms with Crippen molar-refractivity contribution in [3.63, 3.8) is 0 Å². The third-order valence-corrected chi connectivity index (χ3v) is 2.05. The lowest BCUT2D eigenvalue weighted by Crippen LogP contribution is -2.06. The van der Waals surface area contributed by atoms with Gasteiger partial charge in [0.05, 0.1) is 0 Å². The molecule has 2 heterocycles. The van der Waals surface area contributed by atoms with E-state index in [2.05, 4.69) is 10.1 Å². The highest BCUT2D eigenvalue weighted by atomic mass is 16.4. The lowest BCUT2D eigenvalue weighted by molar-refractivity contribution is 0.0679. The lowest BCUT2D eigenvalue weighted by atomic mass is 10.2. The van der Waals surface area contributed by atoms with E-state index in [1.807, 2.05) is 0 Å². The first-order chi connectivity index (χ1) is 7.49. The van der Waals surface area contributed by atoms with E-state index in [1.165, 1.54) is 16.8 Å². The van der Waals surface area contributed by atoms with Crippen molar-refractivity contribution in [1.29, 1.82) is 0 Å². The number of aromatic carboxylic acids is 2. The maximum atomic E-state index is 10.8. The molecule has 0 radical (unpaired) electrons. The number of carboxylic acid groups (broad SMARTS) is 2. The van der Waals surface area contributed by atoms with Crippen LogP contribution >= 0.6 is 0 Å². The molecule has 2 aromatic rings. The zero-order valence-electron chi connectivity index (χ0n) is 8.21. The zero-order chi connectivity index (χ0) is 11.9. The second kappa shape index (κ2) is 3.30. The smallest absolute Gasteiger partial charge is 0.356 e. The van der Waals surface area contributed by atoms with Gasteiger partial charge in [0.25, 0.3) is 0 Å². The number of nitrogens with zero attached hydrogens (tertiary/aromatic N) is 3. The normalized spacial score (nSPS) is 10.6. The van der Waals surface area contributed by atoms with Crippen molar-refractivity contribution in [2.75, 3.05) is 0 Å². The van der Waals surface area contributed by atoms with E-state index in [-0.39, 0.29) is 17.0 Å². The van der Waals surface area contributed by atoms with Gasteiger partial charge in [0, 0.05) is 17.8 Å². The molecule has 2 N–H and O–H groups in total. The van der Waals surface area contributed by atoms with E-state index in [4.69, 9.17) is 10.2 Å². The summed E-state index contributed by atoms with van der Waals surface area (Å²) in [7, 11) is 0. The van der Waals surface area contributed by atoms with Crippen LogP contribution in [0.15, 0.2) is 12.3 Å². The first kappa shape index (κ1) is 10.1. The average molecular weight is 221 g/mol. The molecular formula is C9H7N3O4. The molecule has 0 aliphatic heterocycles. The van der Waals surface area contributed by atoms with Crippen molar-refractivity contribution in [1.82, 2.24) is 14.6 Å². The lowest BCUT2D eigenvalue weighted by Gasteiger charge is -1.99. The summed E-state index contributed by atoms with van der Waals surface area (Å²) in [5.41, 5.74) is 0.333. The van der Waals surface area contributed by atoms with E-state index >= 15 is 0 Å². The second-order valence-electron chi connectivity index (χ2n) is 3.22. The molecule has 0 aliphatic rings. The van der Waals surface area contributed by atoms with E-state index in [1.54, 1.807) is 6.92 Å². The number of hydrogen-bond acceptors (Lipinski definition) is 4. The third kappa shape index (κ3) is 1.48. The van der Waals surface area contributed by atoms with Crippen LogP contribution in [0.3, 0.4) is 0 Å². The number of rotatable bonds is 2. The molecule has 2 aromatic heterocycles. The Kier molecular flexibility index (Phi) is 2.08. The summed E-state index contributed by atoms with van der Waals surface area (Å²) in [5, 5.41) is 21.3. The van der Waals surface area contributed by atoms with Crippen molar-refractivity contribution < 1.29 is 19.8 Å². The molecule has 0 bridgehead atoms. The van der Waals surface area contributed by atoms with E-state index < -0.39 is 11.9 Å². The molecule has 82 valence electrons. The van der Waals surface area contributed by atoms with Crippen LogP contribution in [0.4, 0.5) is 0 Å². The molecule has 0 atom stereocenters. The molecule has 2 rings (SSSR count). The van der Waals surface area contributed by atoms with Gasteiger partial charge < -0.3 is 10.2 Å². The fraction of sp³-hybridized carbons (Fsp3) is 0.111. The van der Waals surface area contributed by atoms with Gasteiger partial charge in [0.1, 0.15) is 0 Å². The Morgan fingerprint density at radius 3 is 2.56 bits per heavy atom. The van der Waals surface area contributed by atoms with Gasteiger partial charge in [0.2, 0.25) is 0 Å². The Bertz CT molecular complexity index is 602. The number of fused-ring (bicyclic) bond motifs is 1. The Balaban J connectivity index is 2.70.